The van der Waals surface area contributed by atoms with Crippen molar-refractivity contribution in [2.24, 2.45) is 0 Å². The number of rotatable bonds is 3. The molecule has 1 heterocycles. The van der Waals surface area contributed by atoms with Crippen molar-refractivity contribution in [3.8, 4) is 0 Å². The number of nitrogens with one attached hydrogen (secondary N) is 1. The molecule has 7 heteroatoms. The number of nitrogens with zero attached hydrogens (tertiary/aromatic N) is 3. The molecular formula is C9H9BrN4O2. The Hall–Kier alpha value is -1.47. The summed E-state index contributed by atoms with van der Waals surface area (Å²) in [7, 11) is 0. The monoisotopic (exact) mass is 284 g/mol. The molecule has 0 atom stereocenters. The van der Waals surface area contributed by atoms with E-state index in [4.69, 9.17) is 5.11 Å². The lowest BCUT2D eigenvalue weighted by Gasteiger charge is -2.03. The average Bonchev–Trinajstić information content (AvgIpc) is 2.25. The second-order valence-electron chi connectivity index (χ2n) is 3.09. The first-order chi connectivity index (χ1) is 7.70. The molecule has 16 heavy (non-hydrogen) atoms. The molecule has 0 saturated carbocycles. The summed E-state index contributed by atoms with van der Waals surface area (Å²) in [5.41, 5.74) is 0.942. The van der Waals surface area contributed by atoms with E-state index in [1.165, 1.54) is 0 Å². The number of benzene rings is 1. The van der Waals surface area contributed by atoms with E-state index in [9.17, 15) is 5.21 Å². The fourth-order valence-electron chi connectivity index (χ4n) is 1.27. The van der Waals surface area contributed by atoms with Crippen LogP contribution in [0.1, 0.15) is 0 Å². The normalized spacial score (nSPS) is 10.6. The summed E-state index contributed by atoms with van der Waals surface area (Å²) >= 11 is 3.30. The Morgan fingerprint density at radius 1 is 1.50 bits per heavy atom. The third-order valence-corrected chi connectivity index (χ3v) is 2.44. The summed E-state index contributed by atoms with van der Waals surface area (Å²) in [5.74, 6) is 0.203. The number of hydrogen-bond donors (Lipinski definition) is 2. The van der Waals surface area contributed by atoms with E-state index < -0.39 is 0 Å². The lowest BCUT2D eigenvalue weighted by Crippen LogP contribution is -2.33. The minimum Gasteiger partial charge on any atom is -0.594 e. The summed E-state index contributed by atoms with van der Waals surface area (Å²) in [6.45, 7) is 0.262. The van der Waals surface area contributed by atoms with E-state index in [1.54, 1.807) is 18.2 Å². The molecule has 0 aliphatic carbocycles. The first-order valence-corrected chi connectivity index (χ1v) is 5.42. The first kappa shape index (κ1) is 11.0. The van der Waals surface area contributed by atoms with Gasteiger partial charge in [-0.25, -0.2) is 4.98 Å². The molecule has 0 aliphatic rings. The van der Waals surface area contributed by atoms with E-state index in [0.717, 1.165) is 4.47 Å². The van der Waals surface area contributed by atoms with Crippen LogP contribution < -0.4 is 10.2 Å². The zero-order valence-electron chi connectivity index (χ0n) is 8.22. The highest BCUT2D eigenvalue weighted by molar-refractivity contribution is 9.10. The highest BCUT2D eigenvalue weighted by Crippen LogP contribution is 2.15. The maximum atomic E-state index is 11.5. The molecule has 0 radical (unpaired) electrons. The smallest absolute Gasteiger partial charge is 0.290 e. The highest BCUT2D eigenvalue weighted by Gasteiger charge is 2.10. The van der Waals surface area contributed by atoms with Gasteiger partial charge >= 0.3 is 0 Å². The van der Waals surface area contributed by atoms with Crippen LogP contribution in [-0.2, 0) is 0 Å². The SMILES string of the molecule is [O-][n+]1nc(NCCO)nc2cc(Br)ccc21. The van der Waals surface area contributed by atoms with Gasteiger partial charge in [-0.2, -0.15) is 0 Å². The lowest BCUT2D eigenvalue weighted by molar-refractivity contribution is -0.641. The number of fused-ring (bicyclic) bond motifs is 1. The average molecular weight is 285 g/mol. The largest absolute Gasteiger partial charge is 0.594 e. The van der Waals surface area contributed by atoms with Crippen molar-refractivity contribution in [3.63, 3.8) is 0 Å². The minimum absolute atomic E-state index is 0.0429. The summed E-state index contributed by atoms with van der Waals surface area (Å²) in [6, 6.07) is 5.12. The van der Waals surface area contributed by atoms with Crippen LogP contribution in [0, 0.1) is 5.21 Å². The van der Waals surface area contributed by atoms with Crippen molar-refractivity contribution < 1.29 is 9.95 Å². The number of aromatic nitrogens is 3. The Labute approximate surface area is 99.6 Å². The van der Waals surface area contributed by atoms with E-state index in [0.29, 0.717) is 22.4 Å². The quantitative estimate of drug-likeness (QED) is 0.631. The van der Waals surface area contributed by atoms with Crippen LogP contribution in [-0.4, -0.2) is 28.3 Å². The second kappa shape index (κ2) is 4.58. The van der Waals surface area contributed by atoms with Gasteiger partial charge in [-0.05, 0) is 17.0 Å². The van der Waals surface area contributed by atoms with Crippen LogP contribution in [0.4, 0.5) is 5.95 Å². The van der Waals surface area contributed by atoms with Crippen molar-refractivity contribution in [3.05, 3.63) is 27.9 Å². The molecule has 0 saturated heterocycles. The third kappa shape index (κ3) is 2.20. The van der Waals surface area contributed by atoms with Gasteiger partial charge in [0.1, 0.15) is 5.52 Å². The number of anilines is 1. The van der Waals surface area contributed by atoms with Crippen molar-refractivity contribution in [1.82, 2.24) is 10.1 Å². The predicted molar refractivity (Wildman–Crippen MR) is 61.8 cm³/mol. The van der Waals surface area contributed by atoms with Gasteiger partial charge in [0, 0.05) is 17.1 Å². The predicted octanol–water partition coefficient (Wildman–Crippen LogP) is 0.430. The van der Waals surface area contributed by atoms with Crippen molar-refractivity contribution >= 4 is 32.9 Å². The molecule has 2 aromatic rings. The van der Waals surface area contributed by atoms with Crippen molar-refractivity contribution in [2.45, 2.75) is 0 Å². The fourth-order valence-corrected chi connectivity index (χ4v) is 1.62. The number of aliphatic hydroxyl groups excluding tert-OH is 1. The van der Waals surface area contributed by atoms with Gasteiger partial charge in [-0.15, -0.1) is 0 Å². The molecule has 0 aliphatic heterocycles. The molecule has 2 rings (SSSR count). The molecule has 1 aromatic heterocycles. The summed E-state index contributed by atoms with van der Waals surface area (Å²) < 4.78 is 0.840. The zero-order chi connectivity index (χ0) is 11.5. The van der Waals surface area contributed by atoms with Gasteiger partial charge < -0.3 is 15.6 Å². The number of hydrogen-bond acceptors (Lipinski definition) is 5. The molecule has 0 bridgehead atoms. The van der Waals surface area contributed by atoms with Crippen LogP contribution in [0.15, 0.2) is 22.7 Å². The standard InChI is InChI=1S/C9H9BrN4O2/c10-6-1-2-8-7(5-6)12-9(11-3-4-15)13-14(8)16/h1-2,5,15H,3-4H2,(H,11,12,13). The van der Waals surface area contributed by atoms with E-state index >= 15 is 0 Å². The van der Waals surface area contributed by atoms with Gasteiger partial charge in [0.2, 0.25) is 0 Å². The molecule has 6 nitrogen and oxygen atoms in total. The van der Waals surface area contributed by atoms with E-state index in [-0.39, 0.29) is 12.6 Å². The van der Waals surface area contributed by atoms with Gasteiger partial charge in [0.05, 0.1) is 11.7 Å². The van der Waals surface area contributed by atoms with E-state index in [2.05, 4.69) is 31.3 Å². The summed E-state index contributed by atoms with van der Waals surface area (Å²) in [5, 5.41) is 26.6. The number of aliphatic hydroxyl groups is 1. The molecule has 2 N–H and O–H groups in total. The zero-order valence-corrected chi connectivity index (χ0v) is 9.81. The Morgan fingerprint density at radius 3 is 3.06 bits per heavy atom. The maximum Gasteiger partial charge on any atom is 0.290 e. The molecular weight excluding hydrogens is 276 g/mol. The van der Waals surface area contributed by atoms with Crippen LogP contribution in [0.3, 0.4) is 0 Å². The summed E-state index contributed by atoms with van der Waals surface area (Å²) in [6.07, 6.45) is 0. The molecule has 0 fully saturated rings. The van der Waals surface area contributed by atoms with Crippen LogP contribution in [0.5, 0.6) is 0 Å². The Morgan fingerprint density at radius 2 is 2.31 bits per heavy atom. The van der Waals surface area contributed by atoms with Gasteiger partial charge in [-0.3, -0.25) is 0 Å². The van der Waals surface area contributed by atoms with Crippen LogP contribution in [0.2, 0.25) is 0 Å². The third-order valence-electron chi connectivity index (χ3n) is 1.95. The first-order valence-electron chi connectivity index (χ1n) is 4.62. The van der Waals surface area contributed by atoms with Gasteiger partial charge in [0.15, 0.2) is 0 Å². The van der Waals surface area contributed by atoms with Crippen molar-refractivity contribution in [2.75, 3.05) is 18.5 Å². The maximum absolute atomic E-state index is 11.5. The van der Waals surface area contributed by atoms with Crippen LogP contribution in [0.25, 0.3) is 11.0 Å². The van der Waals surface area contributed by atoms with Crippen LogP contribution >= 0.6 is 15.9 Å². The number of halogens is 1. The minimum atomic E-state index is -0.0429. The molecule has 0 spiro atoms. The van der Waals surface area contributed by atoms with Gasteiger partial charge in [0.25, 0.3) is 11.5 Å². The molecule has 1 aromatic carbocycles. The topological polar surface area (TPSA) is 85.0 Å². The van der Waals surface area contributed by atoms with Crippen molar-refractivity contribution in [1.29, 1.82) is 0 Å². The molecule has 84 valence electrons. The Balaban J connectivity index is 2.47. The van der Waals surface area contributed by atoms with Gasteiger partial charge in [-0.1, -0.05) is 15.9 Å². The Kier molecular flexibility index (Phi) is 3.16. The van der Waals surface area contributed by atoms with E-state index in [1.807, 2.05) is 0 Å². The molecule has 0 unspecified atom stereocenters. The highest BCUT2D eigenvalue weighted by atomic mass is 79.9. The molecule has 0 amide bonds. The summed E-state index contributed by atoms with van der Waals surface area (Å²) in [4.78, 5) is 4.66. The fraction of sp³-hybridized carbons (Fsp3) is 0.222. The second-order valence-corrected chi connectivity index (χ2v) is 4.01. The lowest BCUT2D eigenvalue weighted by atomic mass is 10.3. The Bertz CT molecular complexity index is 520.